The van der Waals surface area contributed by atoms with Crippen LogP contribution in [0.25, 0.3) is 21.9 Å². The summed E-state index contributed by atoms with van der Waals surface area (Å²) >= 11 is 14.2. The number of aromatic nitrogens is 4. The van der Waals surface area contributed by atoms with Gasteiger partial charge in [-0.15, -0.1) is 11.8 Å². The number of carbonyl (C=O) groups excluding carboxylic acids is 1. The van der Waals surface area contributed by atoms with Gasteiger partial charge in [0.25, 0.3) is 0 Å². The standard InChI is InChI=1S/C22H20Cl2N6O2S/c1-32-9-18(21-28-15-3-2-11(23)6-17(15)29-21)30-20-13-7-14(24)12(8-16(13)26-10-27-20)19(31)22-25-4-5-33-22/h2-3,6-8,10,18,22,25H,4-5,9H2,1H3,(H,28,29)(H,26,27,30). The van der Waals surface area contributed by atoms with E-state index in [4.69, 9.17) is 27.9 Å². The fourth-order valence-corrected chi connectivity index (χ4v) is 5.22. The molecule has 8 nitrogen and oxygen atoms in total. The van der Waals surface area contributed by atoms with E-state index >= 15 is 0 Å². The predicted octanol–water partition coefficient (Wildman–Crippen LogP) is 4.46. The summed E-state index contributed by atoms with van der Waals surface area (Å²) in [4.78, 5) is 29.6. The minimum absolute atomic E-state index is 0.0456. The van der Waals surface area contributed by atoms with E-state index in [0.29, 0.717) is 44.8 Å². The summed E-state index contributed by atoms with van der Waals surface area (Å²) in [5, 5.41) is 7.98. The number of aromatic amines is 1. The van der Waals surface area contributed by atoms with E-state index in [1.54, 1.807) is 37.1 Å². The normalized spacial score (nSPS) is 17.0. The van der Waals surface area contributed by atoms with Crippen molar-refractivity contribution in [2.45, 2.75) is 11.4 Å². The molecule has 0 spiro atoms. The van der Waals surface area contributed by atoms with E-state index in [1.165, 1.54) is 6.33 Å². The Hall–Kier alpha value is -2.43. The average molecular weight is 503 g/mol. The van der Waals surface area contributed by atoms with Gasteiger partial charge in [0.1, 0.15) is 29.4 Å². The topological polar surface area (TPSA) is 105 Å². The van der Waals surface area contributed by atoms with Crippen molar-refractivity contribution in [3.63, 3.8) is 0 Å². The third-order valence-corrected chi connectivity index (χ3v) is 7.08. The predicted molar refractivity (Wildman–Crippen MR) is 132 cm³/mol. The maximum absolute atomic E-state index is 12.9. The molecule has 1 aliphatic rings. The average Bonchev–Trinajstić information content (AvgIpc) is 3.48. The number of rotatable bonds is 7. The van der Waals surface area contributed by atoms with Crippen LogP contribution in [-0.2, 0) is 4.74 Å². The third kappa shape index (κ3) is 4.51. The summed E-state index contributed by atoms with van der Waals surface area (Å²) in [6.07, 6.45) is 1.46. The highest BCUT2D eigenvalue weighted by Crippen LogP contribution is 2.31. The number of methoxy groups -OCH3 is 1. The number of halogens is 2. The van der Waals surface area contributed by atoms with Gasteiger partial charge in [-0.1, -0.05) is 23.2 Å². The van der Waals surface area contributed by atoms with Gasteiger partial charge >= 0.3 is 0 Å². The lowest BCUT2D eigenvalue weighted by Crippen LogP contribution is -2.29. The molecule has 0 saturated carbocycles. The quantitative estimate of drug-likeness (QED) is 0.318. The first kappa shape index (κ1) is 22.4. The Balaban J connectivity index is 1.49. The highest BCUT2D eigenvalue weighted by atomic mass is 35.5. The van der Waals surface area contributed by atoms with E-state index in [-0.39, 0.29) is 17.2 Å². The number of nitrogens with zero attached hydrogens (tertiary/aromatic N) is 3. The van der Waals surface area contributed by atoms with Crippen LogP contribution in [0, 0.1) is 0 Å². The van der Waals surface area contributed by atoms with E-state index in [9.17, 15) is 4.79 Å². The Labute approximate surface area is 203 Å². The fourth-order valence-electron chi connectivity index (χ4n) is 3.80. The minimum atomic E-state index is -0.321. The zero-order valence-corrected chi connectivity index (χ0v) is 19.9. The van der Waals surface area contributed by atoms with Crippen LogP contribution in [0.2, 0.25) is 10.0 Å². The van der Waals surface area contributed by atoms with Crippen LogP contribution in [0.5, 0.6) is 0 Å². The number of thioether (sulfide) groups is 1. The summed E-state index contributed by atoms with van der Waals surface area (Å²) in [6.45, 7) is 1.14. The smallest absolute Gasteiger partial charge is 0.191 e. The lowest BCUT2D eigenvalue weighted by Gasteiger charge is -2.18. The van der Waals surface area contributed by atoms with Gasteiger partial charge < -0.3 is 15.0 Å². The number of nitrogens with one attached hydrogen (secondary N) is 3. The van der Waals surface area contributed by atoms with Crippen molar-refractivity contribution in [1.82, 2.24) is 25.3 Å². The number of imidazole rings is 1. The molecule has 1 fully saturated rings. The van der Waals surface area contributed by atoms with Crippen LogP contribution in [0.1, 0.15) is 22.2 Å². The molecule has 2 aromatic carbocycles. The molecule has 1 aliphatic heterocycles. The van der Waals surface area contributed by atoms with Crippen molar-refractivity contribution in [1.29, 1.82) is 0 Å². The lowest BCUT2D eigenvalue weighted by molar-refractivity contribution is 0.0982. The lowest BCUT2D eigenvalue weighted by atomic mass is 10.1. The molecule has 0 bridgehead atoms. The van der Waals surface area contributed by atoms with E-state index in [1.807, 2.05) is 12.1 Å². The molecule has 170 valence electrons. The Kier molecular flexibility index (Phi) is 6.40. The van der Waals surface area contributed by atoms with Gasteiger partial charge in [-0.2, -0.15) is 0 Å². The Bertz CT molecular complexity index is 1340. The summed E-state index contributed by atoms with van der Waals surface area (Å²) in [5.41, 5.74) is 2.70. The van der Waals surface area contributed by atoms with Gasteiger partial charge in [-0.05, 0) is 30.3 Å². The number of Topliss-reactive ketones (excluding diaryl/α,β-unsaturated/α-hetero) is 1. The molecule has 33 heavy (non-hydrogen) atoms. The van der Waals surface area contributed by atoms with Crippen LogP contribution in [0.15, 0.2) is 36.7 Å². The van der Waals surface area contributed by atoms with Gasteiger partial charge in [0.2, 0.25) is 0 Å². The third-order valence-electron chi connectivity index (χ3n) is 5.38. The first-order chi connectivity index (χ1) is 16.0. The van der Waals surface area contributed by atoms with Gasteiger partial charge in [0.15, 0.2) is 5.78 Å². The highest BCUT2D eigenvalue weighted by Gasteiger charge is 2.26. The van der Waals surface area contributed by atoms with E-state index in [0.717, 1.165) is 23.3 Å². The van der Waals surface area contributed by atoms with E-state index in [2.05, 4.69) is 30.6 Å². The second-order valence-electron chi connectivity index (χ2n) is 7.58. The molecule has 3 N–H and O–H groups in total. The van der Waals surface area contributed by atoms with Gasteiger partial charge in [0.05, 0.1) is 28.2 Å². The summed E-state index contributed by atoms with van der Waals surface area (Å²) in [7, 11) is 1.62. The summed E-state index contributed by atoms with van der Waals surface area (Å²) in [5.74, 6) is 2.10. The number of hydrogen-bond acceptors (Lipinski definition) is 8. The van der Waals surface area contributed by atoms with Crippen LogP contribution in [0.3, 0.4) is 0 Å². The molecule has 1 saturated heterocycles. The SMILES string of the molecule is COCC(Nc1ncnc2cc(C(=O)C3NCCS3)c(Cl)cc12)c1nc2ccc(Cl)cc2[nH]1. The van der Waals surface area contributed by atoms with Crippen molar-refractivity contribution in [3.8, 4) is 0 Å². The molecule has 2 unspecified atom stereocenters. The number of H-pyrrole nitrogens is 1. The second kappa shape index (κ2) is 9.44. The maximum Gasteiger partial charge on any atom is 0.191 e. The van der Waals surface area contributed by atoms with Crippen molar-refractivity contribution >= 4 is 68.5 Å². The van der Waals surface area contributed by atoms with Crippen molar-refractivity contribution < 1.29 is 9.53 Å². The summed E-state index contributed by atoms with van der Waals surface area (Å²) < 4.78 is 5.42. The van der Waals surface area contributed by atoms with Crippen molar-refractivity contribution in [2.24, 2.45) is 0 Å². The number of benzene rings is 2. The van der Waals surface area contributed by atoms with Gasteiger partial charge in [-0.25, -0.2) is 15.0 Å². The maximum atomic E-state index is 12.9. The number of ketones is 1. The molecular formula is C22H20Cl2N6O2S. The largest absolute Gasteiger partial charge is 0.382 e. The Morgan fingerprint density at radius 1 is 1.27 bits per heavy atom. The number of hydrogen-bond donors (Lipinski definition) is 3. The van der Waals surface area contributed by atoms with Crippen molar-refractivity contribution in [2.75, 3.05) is 31.3 Å². The number of ether oxygens (including phenoxy) is 1. The van der Waals surface area contributed by atoms with Crippen LogP contribution < -0.4 is 10.6 Å². The zero-order valence-electron chi connectivity index (χ0n) is 17.6. The van der Waals surface area contributed by atoms with Crippen LogP contribution in [0.4, 0.5) is 5.82 Å². The molecule has 0 radical (unpaired) electrons. The molecule has 0 amide bonds. The van der Waals surface area contributed by atoms with Gasteiger partial charge in [0, 0.05) is 35.4 Å². The second-order valence-corrected chi connectivity index (χ2v) is 9.63. The molecule has 2 aromatic heterocycles. The minimum Gasteiger partial charge on any atom is -0.382 e. The molecule has 0 aliphatic carbocycles. The first-order valence-corrected chi connectivity index (χ1v) is 12.1. The first-order valence-electron chi connectivity index (χ1n) is 10.3. The van der Waals surface area contributed by atoms with Crippen LogP contribution >= 0.6 is 35.0 Å². The van der Waals surface area contributed by atoms with Crippen LogP contribution in [-0.4, -0.2) is 57.1 Å². The van der Waals surface area contributed by atoms with Gasteiger partial charge in [-0.3, -0.25) is 10.1 Å². The number of fused-ring (bicyclic) bond motifs is 2. The Morgan fingerprint density at radius 3 is 2.94 bits per heavy atom. The molecule has 2 atom stereocenters. The highest BCUT2D eigenvalue weighted by molar-refractivity contribution is 8.00. The molecule has 4 aromatic rings. The molecule has 5 rings (SSSR count). The number of carbonyl (C=O) groups is 1. The monoisotopic (exact) mass is 502 g/mol. The fraction of sp³-hybridized carbons (Fsp3) is 0.273. The zero-order chi connectivity index (χ0) is 22.9. The Morgan fingerprint density at radius 2 is 2.15 bits per heavy atom. The molecule has 11 heteroatoms. The number of anilines is 1. The van der Waals surface area contributed by atoms with Crippen molar-refractivity contribution in [3.05, 3.63) is 58.1 Å². The molecular weight excluding hydrogens is 483 g/mol. The van der Waals surface area contributed by atoms with E-state index < -0.39 is 0 Å². The molecule has 3 heterocycles. The summed E-state index contributed by atoms with van der Waals surface area (Å²) in [6, 6.07) is 8.62.